The number of carbonyl (C=O) groups excluding carboxylic acids is 2. The van der Waals surface area contributed by atoms with Gasteiger partial charge in [-0.1, -0.05) is 34.1 Å². The SMILES string of the molecule is CC(=O)NC1CCCC(C(C)C)(C(C)C)C1.CC(=O)[NH][Ti+2].[Cl-].[Cl-]. The smallest absolute Gasteiger partial charge is 1.00 e. The molecule has 1 aliphatic rings. The fourth-order valence-electron chi connectivity index (χ4n) is 3.47. The average molecular weight is 402 g/mol. The van der Waals surface area contributed by atoms with Crippen LogP contribution < -0.4 is 33.9 Å². The van der Waals surface area contributed by atoms with Gasteiger partial charge < -0.3 is 30.1 Å². The summed E-state index contributed by atoms with van der Waals surface area (Å²) in [7, 11) is 0. The first-order chi connectivity index (χ1) is 9.65. The van der Waals surface area contributed by atoms with Crippen molar-refractivity contribution in [1.82, 2.24) is 9.12 Å². The number of rotatable bonds is 3. The average Bonchev–Trinajstić information content (AvgIpc) is 2.38. The van der Waals surface area contributed by atoms with Gasteiger partial charge in [0.1, 0.15) is 0 Å². The van der Waals surface area contributed by atoms with E-state index in [1.54, 1.807) is 27.6 Å². The Labute approximate surface area is 166 Å². The second-order valence-electron chi connectivity index (χ2n) is 6.72. The number of hydrogen-bond donors (Lipinski definition) is 2. The predicted octanol–water partition coefficient (Wildman–Crippen LogP) is -3.04. The number of hydrogen-bond acceptors (Lipinski definition) is 2. The Balaban J connectivity index is -0.000000502. The van der Waals surface area contributed by atoms with Gasteiger partial charge in [-0.2, -0.15) is 0 Å². The van der Waals surface area contributed by atoms with Crippen LogP contribution in [0.2, 0.25) is 0 Å². The first-order valence-corrected chi connectivity index (χ1v) is 8.64. The van der Waals surface area contributed by atoms with Crippen molar-refractivity contribution in [1.29, 1.82) is 0 Å². The van der Waals surface area contributed by atoms with Gasteiger partial charge in [0, 0.05) is 13.0 Å². The molecule has 4 nitrogen and oxygen atoms in total. The number of halogens is 2. The third kappa shape index (κ3) is 9.96. The van der Waals surface area contributed by atoms with Crippen LogP contribution in [0.3, 0.4) is 0 Å². The van der Waals surface area contributed by atoms with E-state index in [0.29, 0.717) is 23.3 Å². The minimum atomic E-state index is 0. The van der Waals surface area contributed by atoms with Crippen molar-refractivity contribution < 1.29 is 55.1 Å². The normalized spacial score (nSPS) is 18.8. The van der Waals surface area contributed by atoms with Gasteiger partial charge in [-0.3, -0.25) is 4.79 Å². The van der Waals surface area contributed by atoms with Crippen LogP contribution in [0.5, 0.6) is 0 Å². The molecule has 0 aromatic carbocycles. The second kappa shape index (κ2) is 13.5. The van der Waals surface area contributed by atoms with Crippen molar-refractivity contribution >= 4 is 11.8 Å². The van der Waals surface area contributed by atoms with E-state index in [2.05, 4.69) is 36.8 Å². The van der Waals surface area contributed by atoms with E-state index in [0.717, 1.165) is 12.8 Å². The maximum Gasteiger partial charge on any atom is -1.00 e. The summed E-state index contributed by atoms with van der Waals surface area (Å²) in [5, 5.41) is 3.11. The summed E-state index contributed by atoms with van der Waals surface area (Å²) in [6, 6.07) is 0.399. The minimum absolute atomic E-state index is 0. The first kappa shape index (κ1) is 28.1. The predicted molar refractivity (Wildman–Crippen MR) is 82.0 cm³/mol. The van der Waals surface area contributed by atoms with E-state index in [4.69, 9.17) is 0 Å². The van der Waals surface area contributed by atoms with Gasteiger partial charge in [-0.25, -0.2) is 0 Å². The van der Waals surface area contributed by atoms with Crippen LogP contribution in [0.1, 0.15) is 67.2 Å². The molecule has 1 aliphatic carbocycles. The molecule has 1 rings (SSSR count). The Kier molecular flexibility index (Phi) is 16.5. The zero-order valence-electron chi connectivity index (χ0n) is 15.1. The van der Waals surface area contributed by atoms with Gasteiger partial charge in [-0.15, -0.1) is 0 Å². The van der Waals surface area contributed by atoms with Crippen LogP contribution in [0, 0.1) is 17.3 Å². The van der Waals surface area contributed by atoms with Crippen molar-refractivity contribution in [3.8, 4) is 0 Å². The molecule has 23 heavy (non-hydrogen) atoms. The standard InChI is InChI=1S/C14H27NO.C2H5NO.2ClH.Ti/c1-10(2)14(11(3)4)8-6-7-13(9-14)15-12(5)16;1-2(3)4;;;/h10-11,13H,6-9H2,1-5H3,(H,15,16);1H3,(H2,3,4);2*1H;/q;;;;+3/p-3. The van der Waals surface area contributed by atoms with Gasteiger partial charge in [-0.05, 0) is 36.5 Å². The molecular weight excluding hydrogens is 371 g/mol. The molecule has 0 bridgehead atoms. The zero-order valence-corrected chi connectivity index (χ0v) is 18.2. The molecule has 135 valence electrons. The molecule has 0 spiro atoms. The van der Waals surface area contributed by atoms with Gasteiger partial charge >= 0.3 is 42.1 Å². The molecule has 0 aliphatic heterocycles. The maximum atomic E-state index is 11.2. The van der Waals surface area contributed by atoms with E-state index >= 15 is 0 Å². The summed E-state index contributed by atoms with van der Waals surface area (Å²) >= 11 is 1.60. The van der Waals surface area contributed by atoms with Crippen molar-refractivity contribution in [2.45, 2.75) is 73.3 Å². The zero-order chi connectivity index (χ0) is 16.6. The van der Waals surface area contributed by atoms with Crippen LogP contribution in [-0.4, -0.2) is 17.9 Å². The van der Waals surface area contributed by atoms with Crippen LogP contribution >= 0.6 is 0 Å². The Morgan fingerprint density at radius 1 is 1.04 bits per heavy atom. The topological polar surface area (TPSA) is 58.2 Å². The summed E-state index contributed by atoms with van der Waals surface area (Å²) < 4.78 is 2.39. The molecular formula is C16H31Cl2N2O2Ti. The van der Waals surface area contributed by atoms with Crippen LogP contribution in [0.15, 0.2) is 0 Å². The summed E-state index contributed by atoms with van der Waals surface area (Å²) in [5.41, 5.74) is 0.422. The van der Waals surface area contributed by atoms with E-state index in [1.165, 1.54) is 19.8 Å². The van der Waals surface area contributed by atoms with Gasteiger partial charge in [0.15, 0.2) is 0 Å². The third-order valence-electron chi connectivity index (χ3n) is 4.70. The Morgan fingerprint density at radius 3 is 1.78 bits per heavy atom. The van der Waals surface area contributed by atoms with Crippen LogP contribution in [0.4, 0.5) is 0 Å². The molecule has 2 amide bonds. The van der Waals surface area contributed by atoms with E-state index in [-0.39, 0.29) is 36.6 Å². The molecule has 1 fully saturated rings. The molecule has 0 aromatic rings. The largest absolute Gasteiger partial charge is 1.00 e. The second-order valence-corrected chi connectivity index (χ2v) is 7.11. The van der Waals surface area contributed by atoms with Gasteiger partial charge in [0.05, 0.1) is 0 Å². The number of amides is 2. The molecule has 1 saturated carbocycles. The van der Waals surface area contributed by atoms with Crippen molar-refractivity contribution in [2.24, 2.45) is 17.3 Å². The summed E-state index contributed by atoms with van der Waals surface area (Å²) in [5.74, 6) is 1.52. The summed E-state index contributed by atoms with van der Waals surface area (Å²) in [6.45, 7) is 12.4. The Morgan fingerprint density at radius 2 is 1.48 bits per heavy atom. The number of carbonyl (C=O) groups is 2. The Bertz CT molecular complexity index is 345. The van der Waals surface area contributed by atoms with Crippen LogP contribution in [-0.2, 0) is 30.3 Å². The molecule has 0 saturated heterocycles. The summed E-state index contributed by atoms with van der Waals surface area (Å²) in [4.78, 5) is 20.9. The molecule has 2 N–H and O–H groups in total. The Hall–Kier alpha value is 0.234. The van der Waals surface area contributed by atoms with Crippen LogP contribution in [0.25, 0.3) is 0 Å². The summed E-state index contributed by atoms with van der Waals surface area (Å²) in [6.07, 6.45) is 4.88. The fraction of sp³-hybridized carbons (Fsp3) is 0.875. The van der Waals surface area contributed by atoms with E-state index in [9.17, 15) is 9.59 Å². The van der Waals surface area contributed by atoms with E-state index < -0.39 is 0 Å². The number of nitrogens with one attached hydrogen (secondary N) is 2. The molecule has 1 unspecified atom stereocenters. The molecule has 0 heterocycles. The van der Waals surface area contributed by atoms with Crippen molar-refractivity contribution in [3.63, 3.8) is 0 Å². The van der Waals surface area contributed by atoms with E-state index in [1.807, 2.05) is 0 Å². The fourth-order valence-corrected chi connectivity index (χ4v) is 3.47. The third-order valence-corrected chi connectivity index (χ3v) is 5.25. The first-order valence-electron chi connectivity index (χ1n) is 7.86. The molecule has 1 atom stereocenters. The van der Waals surface area contributed by atoms with Gasteiger partial charge in [0.2, 0.25) is 5.91 Å². The quantitative estimate of drug-likeness (QED) is 0.494. The molecule has 0 aromatic heterocycles. The van der Waals surface area contributed by atoms with Crippen molar-refractivity contribution in [3.05, 3.63) is 0 Å². The monoisotopic (exact) mass is 401 g/mol. The molecule has 0 radical (unpaired) electrons. The van der Waals surface area contributed by atoms with Gasteiger partial charge in [0.25, 0.3) is 0 Å². The molecule has 7 heteroatoms. The maximum absolute atomic E-state index is 11.2. The van der Waals surface area contributed by atoms with Crippen molar-refractivity contribution in [2.75, 3.05) is 0 Å². The minimum Gasteiger partial charge on any atom is -1.00 e.